The molecule has 0 heterocycles. The van der Waals surface area contributed by atoms with Crippen molar-refractivity contribution in [3.8, 4) is 0 Å². The van der Waals surface area contributed by atoms with Gasteiger partial charge in [0.2, 0.25) is 5.78 Å². The van der Waals surface area contributed by atoms with E-state index >= 15 is 0 Å². The van der Waals surface area contributed by atoms with Crippen LogP contribution in [0.5, 0.6) is 0 Å². The van der Waals surface area contributed by atoms with Crippen LogP contribution >= 0.6 is 0 Å². The second-order valence-electron chi connectivity index (χ2n) is 9.10. The summed E-state index contributed by atoms with van der Waals surface area (Å²) in [5, 5.41) is 20.3. The minimum Gasteiger partial charge on any atom is -0.475 e. The Morgan fingerprint density at radius 3 is 2.62 bits per heavy atom. The van der Waals surface area contributed by atoms with E-state index in [0.717, 1.165) is 24.8 Å². The van der Waals surface area contributed by atoms with E-state index in [9.17, 15) is 24.6 Å². The van der Waals surface area contributed by atoms with Crippen molar-refractivity contribution in [2.45, 2.75) is 52.1 Å². The third-order valence-electron chi connectivity index (χ3n) is 8.02. The van der Waals surface area contributed by atoms with Crippen LogP contribution in [0.15, 0.2) is 23.8 Å². The Balaban J connectivity index is 1.71. The standard InChI is InChI=1S/C21H26O5/c1-20-8-7-12(22)9-11(20)3-4-13-14-5-6-15(18(24)19(25)26)21(14,2)10-16(23)17(13)20/h7-9,13-17,23H,3-6,10H2,1-2H3,(H,25,26)/t13-,14-,15+,16-,17+,20-,21-/m0/s1. The molecule has 0 bridgehead atoms. The zero-order chi connectivity index (χ0) is 18.9. The molecule has 140 valence electrons. The fraction of sp³-hybridized carbons (Fsp3) is 0.667. The van der Waals surface area contributed by atoms with Crippen molar-refractivity contribution in [2.75, 3.05) is 0 Å². The summed E-state index contributed by atoms with van der Waals surface area (Å²) in [5.74, 6) is -2.05. The van der Waals surface area contributed by atoms with E-state index in [2.05, 4.69) is 6.92 Å². The van der Waals surface area contributed by atoms with Gasteiger partial charge < -0.3 is 10.2 Å². The van der Waals surface area contributed by atoms with Gasteiger partial charge >= 0.3 is 5.97 Å². The minimum atomic E-state index is -1.36. The highest BCUT2D eigenvalue weighted by Gasteiger charge is 2.63. The number of carbonyl (C=O) groups is 3. The molecule has 3 fully saturated rings. The lowest BCUT2D eigenvalue weighted by Crippen LogP contribution is -2.56. The van der Waals surface area contributed by atoms with E-state index in [1.165, 1.54) is 0 Å². The van der Waals surface area contributed by atoms with Gasteiger partial charge in [-0.1, -0.05) is 25.5 Å². The normalized spacial score (nSPS) is 46.8. The summed E-state index contributed by atoms with van der Waals surface area (Å²) in [6, 6.07) is 0. The summed E-state index contributed by atoms with van der Waals surface area (Å²) in [4.78, 5) is 35.3. The predicted octanol–water partition coefficient (Wildman–Crippen LogP) is 2.54. The van der Waals surface area contributed by atoms with Gasteiger partial charge in [0.25, 0.3) is 0 Å². The number of hydrogen-bond donors (Lipinski definition) is 2. The van der Waals surface area contributed by atoms with Crippen LogP contribution < -0.4 is 0 Å². The fourth-order valence-corrected chi connectivity index (χ4v) is 6.91. The second kappa shape index (κ2) is 5.62. The molecule has 26 heavy (non-hydrogen) atoms. The average Bonchev–Trinajstić information content (AvgIpc) is 2.90. The van der Waals surface area contributed by atoms with Crippen LogP contribution in [0.1, 0.15) is 46.0 Å². The van der Waals surface area contributed by atoms with Crippen LogP contribution in [0.25, 0.3) is 0 Å². The molecule has 4 aliphatic rings. The molecule has 0 aromatic carbocycles. The van der Waals surface area contributed by atoms with Gasteiger partial charge in [-0.15, -0.1) is 0 Å². The molecule has 4 aliphatic carbocycles. The average molecular weight is 358 g/mol. The van der Waals surface area contributed by atoms with E-state index in [0.29, 0.717) is 12.8 Å². The lowest BCUT2D eigenvalue weighted by atomic mass is 9.46. The highest BCUT2D eigenvalue weighted by Crippen LogP contribution is 2.66. The molecule has 0 spiro atoms. The van der Waals surface area contributed by atoms with Gasteiger partial charge in [-0.05, 0) is 61.5 Å². The topological polar surface area (TPSA) is 91.7 Å². The summed E-state index contributed by atoms with van der Waals surface area (Å²) < 4.78 is 0. The first-order chi connectivity index (χ1) is 12.2. The van der Waals surface area contributed by atoms with Gasteiger partial charge in [-0.2, -0.15) is 0 Å². The number of rotatable bonds is 2. The number of aliphatic hydroxyl groups is 1. The number of carboxylic acid groups (broad SMARTS) is 1. The number of fused-ring (bicyclic) bond motifs is 5. The van der Waals surface area contributed by atoms with E-state index in [-0.39, 0.29) is 29.0 Å². The first-order valence-electron chi connectivity index (χ1n) is 9.58. The molecule has 0 aromatic rings. The number of Topliss-reactive ketones (excluding diaryl/α,β-unsaturated/α-hetero) is 1. The van der Waals surface area contributed by atoms with E-state index in [4.69, 9.17) is 0 Å². The Bertz CT molecular complexity index is 750. The summed E-state index contributed by atoms with van der Waals surface area (Å²) in [6.45, 7) is 4.11. The number of carboxylic acids is 1. The number of aliphatic carboxylic acids is 1. The monoisotopic (exact) mass is 358 g/mol. The van der Waals surface area contributed by atoms with Crippen molar-refractivity contribution in [2.24, 2.45) is 34.5 Å². The zero-order valence-electron chi connectivity index (χ0n) is 15.3. The Morgan fingerprint density at radius 2 is 1.92 bits per heavy atom. The molecule has 3 saturated carbocycles. The molecule has 5 nitrogen and oxygen atoms in total. The maximum Gasteiger partial charge on any atom is 0.372 e. The van der Waals surface area contributed by atoms with Crippen LogP contribution in [0.4, 0.5) is 0 Å². The van der Waals surface area contributed by atoms with E-state index in [1.807, 2.05) is 13.0 Å². The van der Waals surface area contributed by atoms with Crippen LogP contribution in [-0.4, -0.2) is 33.9 Å². The molecule has 0 aliphatic heterocycles. The molecule has 0 radical (unpaired) electrons. The molecular weight excluding hydrogens is 332 g/mol. The Kier molecular flexibility index (Phi) is 3.82. The summed E-state index contributed by atoms with van der Waals surface area (Å²) in [5.41, 5.74) is 0.318. The van der Waals surface area contributed by atoms with Crippen LogP contribution in [-0.2, 0) is 14.4 Å². The van der Waals surface area contributed by atoms with Crippen LogP contribution in [0, 0.1) is 34.5 Å². The maximum absolute atomic E-state index is 12.3. The van der Waals surface area contributed by atoms with Crippen molar-refractivity contribution < 1.29 is 24.6 Å². The Morgan fingerprint density at radius 1 is 1.19 bits per heavy atom. The molecule has 0 saturated heterocycles. The highest BCUT2D eigenvalue weighted by molar-refractivity contribution is 6.33. The van der Waals surface area contributed by atoms with Crippen molar-refractivity contribution in [3.63, 3.8) is 0 Å². The summed E-state index contributed by atoms with van der Waals surface area (Å²) in [7, 11) is 0. The number of carbonyl (C=O) groups excluding carboxylic acids is 2. The molecule has 0 aromatic heterocycles. The molecular formula is C21H26O5. The smallest absolute Gasteiger partial charge is 0.372 e. The van der Waals surface area contributed by atoms with Crippen LogP contribution in [0.3, 0.4) is 0 Å². The first kappa shape index (κ1) is 17.7. The SMILES string of the molecule is C[C@]12C[C@H](O)[C@H]3[C@@H](CCC4=CC(=O)C=C[C@@]43C)[C@@H]1CC[C@@H]2C(=O)C(=O)O. The zero-order valence-corrected chi connectivity index (χ0v) is 15.3. The van der Waals surface area contributed by atoms with Gasteiger partial charge in [0.1, 0.15) is 0 Å². The number of ketones is 2. The number of aliphatic hydroxyl groups excluding tert-OH is 1. The lowest BCUT2D eigenvalue weighted by molar-refractivity contribution is -0.157. The third-order valence-corrected chi connectivity index (χ3v) is 8.02. The van der Waals surface area contributed by atoms with Crippen molar-refractivity contribution in [3.05, 3.63) is 23.8 Å². The van der Waals surface area contributed by atoms with Crippen molar-refractivity contribution in [1.29, 1.82) is 0 Å². The maximum atomic E-state index is 12.3. The molecule has 2 N–H and O–H groups in total. The molecule has 4 rings (SSSR count). The molecule has 0 amide bonds. The lowest BCUT2D eigenvalue weighted by Gasteiger charge is -2.58. The van der Waals surface area contributed by atoms with Gasteiger partial charge in [-0.25, -0.2) is 4.79 Å². The van der Waals surface area contributed by atoms with Crippen molar-refractivity contribution in [1.82, 2.24) is 0 Å². The largest absolute Gasteiger partial charge is 0.475 e. The summed E-state index contributed by atoms with van der Waals surface area (Å²) >= 11 is 0. The highest BCUT2D eigenvalue weighted by atomic mass is 16.4. The van der Waals surface area contributed by atoms with Crippen LogP contribution in [0.2, 0.25) is 0 Å². The molecule has 7 atom stereocenters. The quantitative estimate of drug-likeness (QED) is 0.740. The summed E-state index contributed by atoms with van der Waals surface area (Å²) in [6.07, 6.45) is 8.29. The van der Waals surface area contributed by atoms with Crippen molar-refractivity contribution >= 4 is 17.5 Å². The predicted molar refractivity (Wildman–Crippen MR) is 94.1 cm³/mol. The van der Waals surface area contributed by atoms with E-state index in [1.54, 1.807) is 12.2 Å². The molecule has 5 heteroatoms. The molecule has 0 unspecified atom stereocenters. The Labute approximate surface area is 153 Å². The number of hydrogen-bond acceptors (Lipinski definition) is 4. The van der Waals surface area contributed by atoms with Gasteiger partial charge in [-0.3, -0.25) is 9.59 Å². The number of allylic oxidation sites excluding steroid dienone is 4. The van der Waals surface area contributed by atoms with Gasteiger partial charge in [0.15, 0.2) is 5.78 Å². The van der Waals surface area contributed by atoms with Gasteiger partial charge in [0, 0.05) is 17.3 Å². The second-order valence-corrected chi connectivity index (χ2v) is 9.10. The third kappa shape index (κ3) is 2.22. The Hall–Kier alpha value is -1.75. The first-order valence-corrected chi connectivity index (χ1v) is 9.58. The van der Waals surface area contributed by atoms with E-state index < -0.39 is 29.2 Å². The fourth-order valence-electron chi connectivity index (χ4n) is 6.91. The minimum absolute atomic E-state index is 0.0130. The van der Waals surface area contributed by atoms with Gasteiger partial charge in [0.05, 0.1) is 6.10 Å².